The standard InChI is InChI=1S/C19H26N2O4/c1-5-24-17-9-8-15(11-18(17)23-4)13-21(3)14(2)19(22)20-12-16-7-6-10-25-16/h6-11,14H,5,12-13H2,1-4H3,(H,20,22)/t14-/m0/s1. The maximum Gasteiger partial charge on any atom is 0.237 e. The second-order valence-corrected chi connectivity index (χ2v) is 5.81. The second kappa shape index (κ2) is 9.13. The average Bonchev–Trinajstić information content (AvgIpc) is 3.13. The number of hydrogen-bond acceptors (Lipinski definition) is 5. The highest BCUT2D eigenvalue weighted by Gasteiger charge is 2.18. The molecule has 0 saturated carbocycles. The van der Waals surface area contributed by atoms with E-state index in [0.29, 0.717) is 25.4 Å². The first-order chi connectivity index (χ1) is 12.0. The summed E-state index contributed by atoms with van der Waals surface area (Å²) in [6, 6.07) is 9.18. The number of furan rings is 1. The molecule has 6 heteroatoms. The van der Waals surface area contributed by atoms with Crippen LogP contribution in [-0.2, 0) is 17.9 Å². The van der Waals surface area contributed by atoms with Gasteiger partial charge in [0, 0.05) is 6.54 Å². The number of rotatable bonds is 9. The van der Waals surface area contributed by atoms with Gasteiger partial charge in [0.15, 0.2) is 11.5 Å². The quantitative estimate of drug-likeness (QED) is 0.756. The van der Waals surface area contributed by atoms with Gasteiger partial charge in [-0.15, -0.1) is 0 Å². The molecule has 0 fully saturated rings. The van der Waals surface area contributed by atoms with Crippen molar-refractivity contribution in [3.63, 3.8) is 0 Å². The molecule has 0 saturated heterocycles. The molecule has 0 spiro atoms. The number of carbonyl (C=O) groups is 1. The lowest BCUT2D eigenvalue weighted by Crippen LogP contribution is -2.42. The van der Waals surface area contributed by atoms with Crippen molar-refractivity contribution < 1.29 is 18.7 Å². The molecule has 0 aliphatic heterocycles. The number of likely N-dealkylation sites (N-methyl/N-ethyl adjacent to an activating group) is 1. The number of amides is 1. The molecule has 1 aromatic carbocycles. The fourth-order valence-corrected chi connectivity index (χ4v) is 2.45. The maximum absolute atomic E-state index is 12.3. The summed E-state index contributed by atoms with van der Waals surface area (Å²) in [5, 5.41) is 2.88. The summed E-state index contributed by atoms with van der Waals surface area (Å²) in [4.78, 5) is 14.3. The summed E-state index contributed by atoms with van der Waals surface area (Å²) in [6.07, 6.45) is 1.59. The third kappa shape index (κ3) is 5.26. The van der Waals surface area contributed by atoms with Gasteiger partial charge in [0.1, 0.15) is 5.76 Å². The zero-order valence-electron chi connectivity index (χ0n) is 15.2. The first-order valence-electron chi connectivity index (χ1n) is 8.35. The van der Waals surface area contributed by atoms with Crippen molar-refractivity contribution >= 4 is 5.91 Å². The van der Waals surface area contributed by atoms with Crippen LogP contribution in [0.3, 0.4) is 0 Å². The van der Waals surface area contributed by atoms with Crippen molar-refractivity contribution in [1.29, 1.82) is 0 Å². The van der Waals surface area contributed by atoms with Gasteiger partial charge in [-0.3, -0.25) is 9.69 Å². The monoisotopic (exact) mass is 346 g/mol. The highest BCUT2D eigenvalue weighted by Crippen LogP contribution is 2.28. The third-order valence-electron chi connectivity index (χ3n) is 4.02. The van der Waals surface area contributed by atoms with E-state index in [9.17, 15) is 4.79 Å². The van der Waals surface area contributed by atoms with E-state index in [1.165, 1.54) is 0 Å². The highest BCUT2D eigenvalue weighted by atomic mass is 16.5. The highest BCUT2D eigenvalue weighted by molar-refractivity contribution is 5.81. The number of hydrogen-bond donors (Lipinski definition) is 1. The van der Waals surface area contributed by atoms with Crippen molar-refractivity contribution in [2.45, 2.75) is 33.0 Å². The number of ether oxygens (including phenoxy) is 2. The number of benzene rings is 1. The van der Waals surface area contributed by atoms with Gasteiger partial charge < -0.3 is 19.2 Å². The number of nitrogens with one attached hydrogen (secondary N) is 1. The van der Waals surface area contributed by atoms with Gasteiger partial charge in [-0.25, -0.2) is 0 Å². The van der Waals surface area contributed by atoms with Gasteiger partial charge in [0.25, 0.3) is 0 Å². The molecule has 2 aromatic rings. The first-order valence-corrected chi connectivity index (χ1v) is 8.35. The number of nitrogens with zero attached hydrogens (tertiary/aromatic N) is 1. The molecule has 1 amide bonds. The summed E-state index contributed by atoms with van der Waals surface area (Å²) >= 11 is 0. The van der Waals surface area contributed by atoms with Gasteiger partial charge in [-0.05, 0) is 50.7 Å². The molecule has 25 heavy (non-hydrogen) atoms. The Bertz CT molecular complexity index is 670. The predicted molar refractivity (Wildman–Crippen MR) is 95.6 cm³/mol. The smallest absolute Gasteiger partial charge is 0.237 e. The molecular weight excluding hydrogens is 320 g/mol. The Kier molecular flexibility index (Phi) is 6.89. The largest absolute Gasteiger partial charge is 0.493 e. The number of carbonyl (C=O) groups excluding carboxylic acids is 1. The average molecular weight is 346 g/mol. The van der Waals surface area contributed by atoms with Crippen molar-refractivity contribution in [3.05, 3.63) is 47.9 Å². The SMILES string of the molecule is CCOc1ccc(CN(C)[C@@H](C)C(=O)NCc2ccco2)cc1OC. The van der Waals surface area contributed by atoms with Crippen molar-refractivity contribution in [2.24, 2.45) is 0 Å². The molecule has 0 unspecified atom stereocenters. The van der Waals surface area contributed by atoms with E-state index in [-0.39, 0.29) is 11.9 Å². The topological polar surface area (TPSA) is 63.9 Å². The van der Waals surface area contributed by atoms with Crippen LogP contribution in [0.1, 0.15) is 25.2 Å². The fourth-order valence-electron chi connectivity index (χ4n) is 2.45. The molecular formula is C19H26N2O4. The third-order valence-corrected chi connectivity index (χ3v) is 4.02. The lowest BCUT2D eigenvalue weighted by Gasteiger charge is -2.24. The van der Waals surface area contributed by atoms with Crippen LogP contribution in [-0.4, -0.2) is 37.6 Å². The molecule has 1 atom stereocenters. The Balaban J connectivity index is 1.93. The summed E-state index contributed by atoms with van der Waals surface area (Å²) in [6.45, 7) is 5.41. The Hall–Kier alpha value is -2.47. The minimum Gasteiger partial charge on any atom is -0.493 e. The van der Waals surface area contributed by atoms with Crippen LogP contribution < -0.4 is 14.8 Å². The molecule has 1 aromatic heterocycles. The van der Waals surface area contributed by atoms with Crippen molar-refractivity contribution in [1.82, 2.24) is 10.2 Å². The summed E-state index contributed by atoms with van der Waals surface area (Å²) < 4.78 is 16.1. The van der Waals surface area contributed by atoms with Gasteiger partial charge in [0.2, 0.25) is 5.91 Å². The van der Waals surface area contributed by atoms with Gasteiger partial charge in [-0.2, -0.15) is 0 Å². The van der Waals surface area contributed by atoms with E-state index in [4.69, 9.17) is 13.9 Å². The van der Waals surface area contributed by atoms with Crippen LogP contribution in [0.25, 0.3) is 0 Å². The van der Waals surface area contributed by atoms with E-state index in [0.717, 1.165) is 17.1 Å². The molecule has 136 valence electrons. The predicted octanol–water partition coefficient (Wildman–Crippen LogP) is 2.82. The number of methoxy groups -OCH3 is 1. The van der Waals surface area contributed by atoms with Crippen LogP contribution in [0.5, 0.6) is 11.5 Å². The first kappa shape index (κ1) is 18.9. The molecule has 0 aliphatic rings. The van der Waals surface area contributed by atoms with Gasteiger partial charge in [-0.1, -0.05) is 6.07 Å². The molecule has 1 heterocycles. The van der Waals surface area contributed by atoms with Crippen LogP contribution in [0.2, 0.25) is 0 Å². The molecule has 0 radical (unpaired) electrons. The zero-order chi connectivity index (χ0) is 18.2. The Morgan fingerprint density at radius 2 is 2.12 bits per heavy atom. The maximum atomic E-state index is 12.3. The molecule has 0 aliphatic carbocycles. The Labute approximate surface area is 148 Å². The van der Waals surface area contributed by atoms with E-state index < -0.39 is 0 Å². The van der Waals surface area contributed by atoms with Gasteiger partial charge >= 0.3 is 0 Å². The summed E-state index contributed by atoms with van der Waals surface area (Å²) in [5.74, 6) is 2.11. The van der Waals surface area contributed by atoms with Crippen LogP contribution in [0.4, 0.5) is 0 Å². The van der Waals surface area contributed by atoms with E-state index in [1.807, 2.05) is 50.1 Å². The minimum absolute atomic E-state index is 0.0446. The van der Waals surface area contributed by atoms with Crippen molar-refractivity contribution in [2.75, 3.05) is 20.8 Å². The lowest BCUT2D eigenvalue weighted by molar-refractivity contribution is -0.125. The molecule has 6 nitrogen and oxygen atoms in total. The fraction of sp³-hybridized carbons (Fsp3) is 0.421. The molecule has 2 rings (SSSR count). The van der Waals surface area contributed by atoms with Crippen LogP contribution in [0.15, 0.2) is 41.0 Å². The zero-order valence-corrected chi connectivity index (χ0v) is 15.2. The lowest BCUT2D eigenvalue weighted by atomic mass is 10.1. The molecule has 0 bridgehead atoms. The van der Waals surface area contributed by atoms with Crippen LogP contribution >= 0.6 is 0 Å². The van der Waals surface area contributed by atoms with E-state index >= 15 is 0 Å². The van der Waals surface area contributed by atoms with Crippen molar-refractivity contribution in [3.8, 4) is 11.5 Å². The minimum atomic E-state index is -0.271. The van der Waals surface area contributed by atoms with Crippen LogP contribution in [0, 0.1) is 0 Å². The summed E-state index contributed by atoms with van der Waals surface area (Å²) in [5.41, 5.74) is 1.05. The van der Waals surface area contributed by atoms with Gasteiger partial charge in [0.05, 0.1) is 32.6 Å². The molecule has 1 N–H and O–H groups in total. The van der Waals surface area contributed by atoms with E-state index in [1.54, 1.807) is 19.4 Å². The Morgan fingerprint density at radius 3 is 2.76 bits per heavy atom. The second-order valence-electron chi connectivity index (χ2n) is 5.81. The summed E-state index contributed by atoms with van der Waals surface area (Å²) in [7, 11) is 3.54. The Morgan fingerprint density at radius 1 is 1.32 bits per heavy atom. The van der Waals surface area contributed by atoms with E-state index in [2.05, 4.69) is 5.32 Å². The normalized spacial score (nSPS) is 12.0.